The van der Waals surface area contributed by atoms with Crippen molar-refractivity contribution in [1.82, 2.24) is 10.2 Å². The molecule has 3 aromatic rings. The highest BCUT2D eigenvalue weighted by Gasteiger charge is 2.42. The van der Waals surface area contributed by atoms with Crippen molar-refractivity contribution in [3.8, 4) is 5.75 Å². The summed E-state index contributed by atoms with van der Waals surface area (Å²) < 4.78 is 59.4. The number of benzene rings is 3. The monoisotopic (exact) mass is 527 g/mol. The number of amides is 1. The Morgan fingerprint density at radius 1 is 1.00 bits per heavy atom. The van der Waals surface area contributed by atoms with Gasteiger partial charge in [0.15, 0.2) is 0 Å². The number of fused-ring (bicyclic) bond motifs is 3. The minimum absolute atomic E-state index is 0.196. The van der Waals surface area contributed by atoms with Crippen LogP contribution in [-0.2, 0) is 23.9 Å². The Bertz CT molecular complexity index is 1250. The van der Waals surface area contributed by atoms with Gasteiger partial charge in [-0.1, -0.05) is 30.3 Å². The summed E-state index contributed by atoms with van der Waals surface area (Å²) in [5, 5.41) is 2.92. The summed E-state index contributed by atoms with van der Waals surface area (Å²) in [5.41, 5.74) is 1.32. The topological polar surface area (TPSA) is 44.8 Å². The molecule has 38 heavy (non-hydrogen) atoms. The van der Waals surface area contributed by atoms with Crippen molar-refractivity contribution in [2.24, 2.45) is 5.92 Å². The predicted molar refractivity (Wildman–Crippen MR) is 136 cm³/mol. The summed E-state index contributed by atoms with van der Waals surface area (Å²) in [7, 11) is 0. The first-order valence-corrected chi connectivity index (χ1v) is 12.7. The smallest absolute Gasteiger partial charge is 0.416 e. The molecule has 0 spiro atoms. The Morgan fingerprint density at radius 3 is 2.50 bits per heavy atom. The molecular weight excluding hydrogens is 498 g/mol. The van der Waals surface area contributed by atoms with Crippen LogP contribution >= 0.6 is 0 Å². The van der Waals surface area contributed by atoms with Gasteiger partial charge in [-0.25, -0.2) is 4.39 Å². The van der Waals surface area contributed by atoms with E-state index in [0.717, 1.165) is 23.1 Å². The SMILES string of the molecule is O=C(NCc1ccc(F)cc1)[C@H]1Cc2cc(C(F)(F)F)ccc2N2CCN(CCOc3ccccc3)C[C@@H]12. The summed E-state index contributed by atoms with van der Waals surface area (Å²) in [6.45, 7) is 3.27. The molecule has 0 saturated carbocycles. The van der Waals surface area contributed by atoms with Crippen molar-refractivity contribution in [3.05, 3.63) is 95.3 Å². The zero-order valence-electron chi connectivity index (χ0n) is 20.8. The van der Waals surface area contributed by atoms with E-state index in [-0.39, 0.29) is 30.7 Å². The van der Waals surface area contributed by atoms with E-state index < -0.39 is 17.7 Å². The van der Waals surface area contributed by atoms with E-state index in [1.807, 2.05) is 30.3 Å². The van der Waals surface area contributed by atoms with Crippen LogP contribution in [0.4, 0.5) is 23.2 Å². The molecule has 1 fully saturated rings. The standard InChI is InChI=1S/C29H29F4N3O2/c30-23-9-6-20(7-10-23)18-34-28(37)25-17-21-16-22(29(31,32)33)8-11-26(21)36-13-12-35(19-27(25)36)14-15-38-24-4-2-1-3-5-24/h1-11,16,25,27H,12-15,17-19H2,(H,34,37)/t25-,27-/m0/s1. The van der Waals surface area contributed by atoms with Gasteiger partial charge in [-0.3, -0.25) is 9.69 Å². The second-order valence-electron chi connectivity index (χ2n) is 9.72. The number of ether oxygens (including phenoxy) is 1. The molecule has 5 rings (SSSR count). The van der Waals surface area contributed by atoms with Crippen molar-refractivity contribution >= 4 is 11.6 Å². The van der Waals surface area contributed by atoms with Crippen LogP contribution in [0.15, 0.2) is 72.8 Å². The van der Waals surface area contributed by atoms with Crippen molar-refractivity contribution in [2.45, 2.75) is 25.2 Å². The molecule has 5 nitrogen and oxygen atoms in total. The lowest BCUT2D eigenvalue weighted by molar-refractivity contribution is -0.137. The molecule has 2 heterocycles. The number of halogens is 4. The van der Waals surface area contributed by atoms with Gasteiger partial charge in [-0.2, -0.15) is 13.2 Å². The molecule has 0 unspecified atom stereocenters. The van der Waals surface area contributed by atoms with Gasteiger partial charge in [-0.15, -0.1) is 0 Å². The zero-order valence-corrected chi connectivity index (χ0v) is 20.8. The lowest BCUT2D eigenvalue weighted by Crippen LogP contribution is -2.61. The molecule has 0 bridgehead atoms. The van der Waals surface area contributed by atoms with Gasteiger partial charge < -0.3 is 15.0 Å². The lowest BCUT2D eigenvalue weighted by atomic mass is 9.82. The second-order valence-corrected chi connectivity index (χ2v) is 9.72. The fourth-order valence-electron chi connectivity index (χ4n) is 5.29. The van der Waals surface area contributed by atoms with Gasteiger partial charge in [0, 0.05) is 38.4 Å². The van der Waals surface area contributed by atoms with E-state index in [1.54, 1.807) is 12.1 Å². The van der Waals surface area contributed by atoms with Gasteiger partial charge in [-0.05, 0) is 60.0 Å². The van der Waals surface area contributed by atoms with Crippen LogP contribution in [-0.4, -0.2) is 49.6 Å². The zero-order chi connectivity index (χ0) is 26.7. The molecule has 1 saturated heterocycles. The van der Waals surface area contributed by atoms with Crippen LogP contribution in [0.5, 0.6) is 5.75 Å². The Morgan fingerprint density at radius 2 is 1.76 bits per heavy atom. The average Bonchev–Trinajstić information content (AvgIpc) is 2.92. The van der Waals surface area contributed by atoms with Crippen molar-refractivity contribution in [2.75, 3.05) is 37.7 Å². The summed E-state index contributed by atoms with van der Waals surface area (Å²) in [6.07, 6.45) is -4.24. The van der Waals surface area contributed by atoms with E-state index in [9.17, 15) is 22.4 Å². The number of carbonyl (C=O) groups is 1. The third-order valence-corrected chi connectivity index (χ3v) is 7.26. The van der Waals surface area contributed by atoms with Gasteiger partial charge in [0.05, 0.1) is 17.5 Å². The van der Waals surface area contributed by atoms with Gasteiger partial charge in [0.25, 0.3) is 0 Å². The number of para-hydroxylation sites is 1. The first-order chi connectivity index (χ1) is 18.3. The number of hydrogen-bond donors (Lipinski definition) is 1. The molecule has 1 amide bonds. The number of nitrogens with one attached hydrogen (secondary N) is 1. The summed E-state index contributed by atoms with van der Waals surface area (Å²) in [4.78, 5) is 17.7. The largest absolute Gasteiger partial charge is 0.492 e. The van der Waals surface area contributed by atoms with Crippen LogP contribution in [0.3, 0.4) is 0 Å². The van der Waals surface area contributed by atoms with E-state index in [2.05, 4.69) is 15.1 Å². The maximum Gasteiger partial charge on any atom is 0.416 e. The van der Waals surface area contributed by atoms with Crippen LogP contribution in [0, 0.1) is 11.7 Å². The molecule has 0 radical (unpaired) electrons. The van der Waals surface area contributed by atoms with Crippen LogP contribution in [0.25, 0.3) is 0 Å². The van der Waals surface area contributed by atoms with E-state index in [1.165, 1.54) is 24.3 Å². The molecule has 2 atom stereocenters. The van der Waals surface area contributed by atoms with E-state index >= 15 is 0 Å². The van der Waals surface area contributed by atoms with Gasteiger partial charge in [0.1, 0.15) is 18.2 Å². The van der Waals surface area contributed by atoms with Crippen molar-refractivity contribution < 1.29 is 27.1 Å². The Balaban J connectivity index is 1.32. The minimum Gasteiger partial charge on any atom is -0.492 e. The summed E-state index contributed by atoms with van der Waals surface area (Å²) in [5.74, 6) is -0.339. The van der Waals surface area contributed by atoms with Crippen LogP contribution < -0.4 is 15.0 Å². The highest BCUT2D eigenvalue weighted by atomic mass is 19.4. The molecule has 2 aliphatic rings. The van der Waals surface area contributed by atoms with E-state index in [4.69, 9.17) is 4.74 Å². The molecule has 9 heteroatoms. The third kappa shape index (κ3) is 5.93. The third-order valence-electron chi connectivity index (χ3n) is 7.26. The second kappa shape index (κ2) is 11.0. The number of carbonyl (C=O) groups excluding carboxylic acids is 1. The number of nitrogens with zero attached hydrogens (tertiary/aromatic N) is 2. The fraction of sp³-hybridized carbons (Fsp3) is 0.345. The molecule has 2 aliphatic heterocycles. The summed E-state index contributed by atoms with van der Waals surface area (Å²) in [6, 6.07) is 19.0. The lowest BCUT2D eigenvalue weighted by Gasteiger charge is -2.49. The first-order valence-electron chi connectivity index (χ1n) is 12.7. The maximum absolute atomic E-state index is 13.4. The van der Waals surface area contributed by atoms with Crippen molar-refractivity contribution in [1.29, 1.82) is 0 Å². The number of anilines is 1. The molecule has 3 aromatic carbocycles. The Kier molecular flexibility index (Phi) is 7.56. The fourth-order valence-corrected chi connectivity index (χ4v) is 5.29. The van der Waals surface area contributed by atoms with Crippen molar-refractivity contribution in [3.63, 3.8) is 0 Å². The quantitative estimate of drug-likeness (QED) is 0.444. The average molecular weight is 528 g/mol. The minimum atomic E-state index is -4.45. The summed E-state index contributed by atoms with van der Waals surface area (Å²) >= 11 is 0. The van der Waals surface area contributed by atoms with Crippen LogP contribution in [0.2, 0.25) is 0 Å². The molecule has 1 N–H and O–H groups in total. The van der Waals surface area contributed by atoms with Gasteiger partial charge >= 0.3 is 6.18 Å². The predicted octanol–water partition coefficient (Wildman–Crippen LogP) is 4.90. The van der Waals surface area contributed by atoms with Crippen LogP contribution in [0.1, 0.15) is 16.7 Å². The number of rotatable bonds is 7. The molecule has 0 aromatic heterocycles. The highest BCUT2D eigenvalue weighted by molar-refractivity contribution is 5.82. The highest BCUT2D eigenvalue weighted by Crippen LogP contribution is 2.39. The molecular formula is C29H29F4N3O2. The van der Waals surface area contributed by atoms with E-state index in [0.29, 0.717) is 38.3 Å². The normalized spacial score (nSPS) is 19.4. The molecule has 0 aliphatic carbocycles. The maximum atomic E-state index is 13.4. The Labute approximate surface area is 219 Å². The first kappa shape index (κ1) is 26.0. The number of alkyl halides is 3. The number of hydrogen-bond acceptors (Lipinski definition) is 4. The Hall–Kier alpha value is -3.59. The molecule has 200 valence electrons. The number of piperazine rings is 1. The van der Waals surface area contributed by atoms with Gasteiger partial charge in [0.2, 0.25) is 5.91 Å².